The third-order valence-corrected chi connectivity index (χ3v) is 4.12. The second kappa shape index (κ2) is 8.26. The Balaban J connectivity index is 1.82. The molecule has 0 saturated heterocycles. The van der Waals surface area contributed by atoms with Gasteiger partial charge in [-0.1, -0.05) is 12.1 Å². The molecule has 3 rings (SSSR count). The normalized spacial score (nSPS) is 10.9. The number of phenols is 2. The number of methoxy groups -OCH3 is 1. The summed E-state index contributed by atoms with van der Waals surface area (Å²) in [5, 5.41) is 33.8. The number of nitro groups is 1. The quantitative estimate of drug-likeness (QED) is 0.272. The summed E-state index contributed by atoms with van der Waals surface area (Å²) in [5.41, 5.74) is 1.47. The third-order valence-electron chi connectivity index (χ3n) is 4.12. The van der Waals surface area contributed by atoms with Gasteiger partial charge in [0.25, 0.3) is 0 Å². The van der Waals surface area contributed by atoms with E-state index in [1.54, 1.807) is 24.3 Å². The van der Waals surface area contributed by atoms with E-state index in [1.165, 1.54) is 42.3 Å². The number of hydrogen-bond donors (Lipinski definition) is 2. The van der Waals surface area contributed by atoms with Crippen molar-refractivity contribution in [2.24, 2.45) is 0 Å². The highest BCUT2D eigenvalue weighted by Crippen LogP contribution is 2.25. The van der Waals surface area contributed by atoms with Gasteiger partial charge in [0.05, 0.1) is 36.6 Å². The van der Waals surface area contributed by atoms with Crippen LogP contribution in [0.1, 0.15) is 21.5 Å². The molecular weight excluding hydrogens is 378 g/mol. The van der Waals surface area contributed by atoms with Crippen molar-refractivity contribution in [3.05, 3.63) is 81.5 Å². The number of ketones is 1. The molecule has 0 aliphatic heterocycles. The number of carbonyl (C=O) groups is 1. The number of allylic oxidation sites excluding steroid dienone is 1. The fourth-order valence-corrected chi connectivity index (χ4v) is 2.73. The number of aromatic nitrogens is 2. The van der Waals surface area contributed by atoms with Crippen molar-refractivity contribution in [2.75, 3.05) is 7.11 Å². The average Bonchev–Trinajstić information content (AvgIpc) is 3.15. The second-order valence-corrected chi connectivity index (χ2v) is 6.10. The maximum atomic E-state index is 12.3. The maximum Gasteiger partial charge on any atom is 0.389 e. The molecule has 3 aromatic rings. The van der Waals surface area contributed by atoms with Crippen molar-refractivity contribution in [3.8, 4) is 17.2 Å². The number of rotatable bonds is 7. The average molecular weight is 395 g/mol. The lowest BCUT2D eigenvalue weighted by atomic mass is 10.1. The first kappa shape index (κ1) is 19.6. The van der Waals surface area contributed by atoms with Gasteiger partial charge in [-0.25, -0.2) is 0 Å². The van der Waals surface area contributed by atoms with Crippen LogP contribution < -0.4 is 4.74 Å². The van der Waals surface area contributed by atoms with Crippen LogP contribution in [0.25, 0.3) is 6.08 Å². The molecule has 0 spiro atoms. The molecule has 29 heavy (non-hydrogen) atoms. The molecule has 0 bridgehead atoms. The highest BCUT2D eigenvalue weighted by molar-refractivity contribution is 6.08. The fourth-order valence-electron chi connectivity index (χ4n) is 2.73. The van der Waals surface area contributed by atoms with E-state index < -0.39 is 10.7 Å². The summed E-state index contributed by atoms with van der Waals surface area (Å²) in [6, 6.07) is 10.3. The Morgan fingerprint density at radius 2 is 2.03 bits per heavy atom. The molecule has 0 fully saturated rings. The lowest BCUT2D eigenvalue weighted by molar-refractivity contribution is -0.389. The number of ether oxygens (including phenoxy) is 1. The number of aromatic hydroxyl groups is 2. The Hall–Kier alpha value is -4.14. The minimum atomic E-state index is -0.572. The molecule has 0 atom stereocenters. The van der Waals surface area contributed by atoms with Gasteiger partial charge < -0.3 is 25.1 Å². The summed E-state index contributed by atoms with van der Waals surface area (Å²) in [5.74, 6) is -0.554. The van der Waals surface area contributed by atoms with Crippen LogP contribution in [-0.2, 0) is 6.54 Å². The van der Waals surface area contributed by atoms with Gasteiger partial charge in [-0.2, -0.15) is 4.68 Å². The summed E-state index contributed by atoms with van der Waals surface area (Å²) in [6.45, 7) is 0.241. The van der Waals surface area contributed by atoms with Crippen molar-refractivity contribution in [2.45, 2.75) is 6.54 Å². The minimum Gasteiger partial charge on any atom is -0.508 e. The number of nitrogens with zero attached hydrogens (tertiary/aromatic N) is 3. The largest absolute Gasteiger partial charge is 0.508 e. The van der Waals surface area contributed by atoms with E-state index in [0.29, 0.717) is 16.9 Å². The van der Waals surface area contributed by atoms with Gasteiger partial charge in [-0.05, 0) is 40.8 Å². The third kappa shape index (κ3) is 4.59. The Morgan fingerprint density at radius 3 is 2.69 bits per heavy atom. The van der Waals surface area contributed by atoms with Crippen LogP contribution in [0, 0.1) is 10.1 Å². The van der Waals surface area contributed by atoms with Crippen LogP contribution in [0.5, 0.6) is 17.2 Å². The number of hydrogen-bond acceptors (Lipinski definition) is 7. The molecule has 0 unspecified atom stereocenters. The van der Waals surface area contributed by atoms with Crippen molar-refractivity contribution in [1.82, 2.24) is 9.78 Å². The van der Waals surface area contributed by atoms with Gasteiger partial charge in [0.2, 0.25) is 0 Å². The monoisotopic (exact) mass is 395 g/mol. The summed E-state index contributed by atoms with van der Waals surface area (Å²) >= 11 is 0. The molecule has 1 heterocycles. The molecule has 9 nitrogen and oxygen atoms in total. The van der Waals surface area contributed by atoms with Crippen molar-refractivity contribution in [3.63, 3.8) is 0 Å². The smallest absolute Gasteiger partial charge is 0.389 e. The first-order chi connectivity index (χ1) is 13.9. The topological polar surface area (TPSA) is 128 Å². The summed E-state index contributed by atoms with van der Waals surface area (Å²) in [6.07, 6.45) is 4.37. The number of benzene rings is 2. The molecule has 2 aromatic carbocycles. The predicted molar refractivity (Wildman–Crippen MR) is 104 cm³/mol. The molecule has 1 aromatic heterocycles. The zero-order chi connectivity index (χ0) is 21.0. The molecule has 0 saturated carbocycles. The van der Waals surface area contributed by atoms with Crippen LogP contribution in [0.2, 0.25) is 0 Å². The molecule has 0 amide bonds. The first-order valence-corrected chi connectivity index (χ1v) is 8.46. The molecular formula is C20H17N3O6. The lowest BCUT2D eigenvalue weighted by Crippen LogP contribution is -2.03. The zero-order valence-corrected chi connectivity index (χ0v) is 15.3. The SMILES string of the molecule is COc1ccc(/C=C/C(=O)c2ccc(O)cc2O)cc1Cn1ccc([N+](=O)[O-])n1. The molecule has 0 aliphatic rings. The maximum absolute atomic E-state index is 12.3. The number of carbonyl (C=O) groups excluding carboxylic acids is 1. The van der Waals surface area contributed by atoms with Gasteiger partial charge in [0.1, 0.15) is 17.2 Å². The minimum absolute atomic E-state index is 0.0663. The van der Waals surface area contributed by atoms with Crippen molar-refractivity contribution < 1.29 is 24.7 Å². The van der Waals surface area contributed by atoms with E-state index in [2.05, 4.69) is 5.10 Å². The van der Waals surface area contributed by atoms with Crippen molar-refractivity contribution in [1.29, 1.82) is 0 Å². The van der Waals surface area contributed by atoms with E-state index in [1.807, 2.05) is 0 Å². The van der Waals surface area contributed by atoms with Gasteiger partial charge in [-0.15, -0.1) is 0 Å². The van der Waals surface area contributed by atoms with Crippen LogP contribution in [0.3, 0.4) is 0 Å². The zero-order valence-electron chi connectivity index (χ0n) is 15.3. The molecule has 0 radical (unpaired) electrons. The van der Waals surface area contributed by atoms with Gasteiger partial charge in [0, 0.05) is 11.6 Å². The van der Waals surface area contributed by atoms with Gasteiger partial charge in [-0.3, -0.25) is 4.79 Å². The van der Waals surface area contributed by atoms with Crippen LogP contribution >= 0.6 is 0 Å². The van der Waals surface area contributed by atoms with E-state index >= 15 is 0 Å². The van der Waals surface area contributed by atoms with Crippen LogP contribution in [0.4, 0.5) is 5.82 Å². The number of phenolic OH excluding ortho intramolecular Hbond substituents is 2. The Morgan fingerprint density at radius 1 is 1.24 bits per heavy atom. The molecule has 9 heteroatoms. The lowest BCUT2D eigenvalue weighted by Gasteiger charge is -2.08. The highest BCUT2D eigenvalue weighted by atomic mass is 16.6. The second-order valence-electron chi connectivity index (χ2n) is 6.10. The Labute approximate surface area is 165 Å². The van der Waals surface area contributed by atoms with E-state index in [9.17, 15) is 25.1 Å². The van der Waals surface area contributed by atoms with E-state index in [4.69, 9.17) is 4.74 Å². The van der Waals surface area contributed by atoms with Gasteiger partial charge in [0.15, 0.2) is 5.78 Å². The van der Waals surface area contributed by atoms with Crippen LogP contribution in [0.15, 0.2) is 54.7 Å². The summed E-state index contributed by atoms with van der Waals surface area (Å²) in [7, 11) is 1.51. The first-order valence-electron chi connectivity index (χ1n) is 8.46. The predicted octanol–water partition coefficient (Wildman–Crippen LogP) is 3.16. The Kier molecular flexibility index (Phi) is 5.59. The van der Waals surface area contributed by atoms with Crippen molar-refractivity contribution >= 4 is 17.7 Å². The highest BCUT2D eigenvalue weighted by Gasteiger charge is 2.13. The molecule has 148 valence electrons. The fraction of sp³-hybridized carbons (Fsp3) is 0.100. The molecule has 0 aliphatic carbocycles. The van der Waals surface area contributed by atoms with E-state index in [0.717, 1.165) is 6.07 Å². The van der Waals surface area contributed by atoms with E-state index in [-0.39, 0.29) is 29.4 Å². The van der Waals surface area contributed by atoms with Crippen LogP contribution in [-0.4, -0.2) is 37.8 Å². The van der Waals surface area contributed by atoms with Gasteiger partial charge >= 0.3 is 5.82 Å². The standard InChI is InChI=1S/C20H17N3O6/c1-29-19-7-3-13(2-6-17(25)16-5-4-15(24)11-18(16)26)10-14(19)12-22-9-8-20(21-22)23(27)28/h2-11,24,26H,12H2,1H3/b6-2+. The summed E-state index contributed by atoms with van der Waals surface area (Å²) in [4.78, 5) is 22.5. The molecule has 2 N–H and O–H groups in total. The Bertz CT molecular complexity index is 1100. The summed E-state index contributed by atoms with van der Waals surface area (Å²) < 4.78 is 6.75.